The zero-order valence-corrected chi connectivity index (χ0v) is 6.40. The van der Waals surface area contributed by atoms with Crippen LogP contribution in [0.25, 0.3) is 0 Å². The van der Waals surface area contributed by atoms with Crippen molar-refractivity contribution in [2.45, 2.75) is 5.37 Å². The quantitative estimate of drug-likeness (QED) is 0.530. The molecule has 0 aromatic rings. The molecule has 0 aromatic carbocycles. The summed E-state index contributed by atoms with van der Waals surface area (Å²) in [7, 11) is 0. The molecule has 1 saturated heterocycles. The maximum atomic E-state index is 11.0. The Kier molecular flexibility index (Phi) is 1.38. The molecule has 1 fully saturated rings. The van der Waals surface area contributed by atoms with Crippen molar-refractivity contribution in [3.63, 3.8) is 0 Å². The van der Waals surface area contributed by atoms with Crippen LogP contribution < -0.4 is 10.6 Å². The van der Waals surface area contributed by atoms with E-state index in [4.69, 9.17) is 0 Å². The van der Waals surface area contributed by atoms with Crippen LogP contribution in [-0.2, 0) is 4.79 Å². The first-order valence-electron chi connectivity index (χ1n) is 3.21. The van der Waals surface area contributed by atoms with Gasteiger partial charge in [-0.15, -0.1) is 11.8 Å². The number of rotatable bonds is 0. The second-order valence-electron chi connectivity index (χ2n) is 2.30. The molecule has 2 aliphatic rings. The molecule has 5 heteroatoms. The molecule has 2 aliphatic heterocycles. The van der Waals surface area contributed by atoms with Gasteiger partial charge in [-0.05, 0) is 0 Å². The third-order valence-corrected chi connectivity index (χ3v) is 2.66. The fourth-order valence-electron chi connectivity index (χ4n) is 1.09. The molecule has 1 atom stereocenters. The molecule has 0 saturated carbocycles. The van der Waals surface area contributed by atoms with Gasteiger partial charge in [-0.1, -0.05) is 6.08 Å². The summed E-state index contributed by atoms with van der Waals surface area (Å²) in [5.74, 6) is 0.539. The van der Waals surface area contributed by atoms with E-state index in [1.165, 1.54) is 0 Å². The number of hydrogen-bond donors (Lipinski definition) is 2. The summed E-state index contributed by atoms with van der Waals surface area (Å²) in [5, 5.41) is 4.70. The number of thioether (sulfide) groups is 1. The Labute approximate surface area is 67.4 Å². The highest BCUT2D eigenvalue weighted by molar-refractivity contribution is 8.00. The Morgan fingerprint density at radius 3 is 3.18 bits per heavy atom. The van der Waals surface area contributed by atoms with Crippen LogP contribution in [-0.4, -0.2) is 23.1 Å². The summed E-state index contributed by atoms with van der Waals surface area (Å²) >= 11 is 1.55. The lowest BCUT2D eigenvalue weighted by atomic mass is 10.2. The minimum absolute atomic E-state index is 0.115. The molecular weight excluding hydrogens is 164 g/mol. The Morgan fingerprint density at radius 1 is 1.55 bits per heavy atom. The number of amides is 3. The summed E-state index contributed by atoms with van der Waals surface area (Å²) < 4.78 is 0. The minimum atomic E-state index is -0.397. The van der Waals surface area contributed by atoms with Crippen LogP contribution in [0, 0.1) is 0 Å². The maximum absolute atomic E-state index is 11.0. The van der Waals surface area contributed by atoms with Crippen LogP contribution in [0.2, 0.25) is 0 Å². The lowest BCUT2D eigenvalue weighted by Gasteiger charge is -2.20. The summed E-state index contributed by atoms with van der Waals surface area (Å²) in [6, 6.07) is -0.397. The normalized spacial score (nSPS) is 28.7. The number of carbonyl (C=O) groups is 2. The van der Waals surface area contributed by atoms with Gasteiger partial charge in [0.15, 0.2) is 0 Å². The second-order valence-corrected chi connectivity index (χ2v) is 3.44. The van der Waals surface area contributed by atoms with Gasteiger partial charge in [-0.25, -0.2) is 4.79 Å². The van der Waals surface area contributed by atoms with Gasteiger partial charge in [0.25, 0.3) is 5.91 Å². The first-order valence-corrected chi connectivity index (χ1v) is 4.26. The van der Waals surface area contributed by atoms with E-state index in [9.17, 15) is 9.59 Å². The predicted molar refractivity (Wildman–Crippen MR) is 41.0 cm³/mol. The van der Waals surface area contributed by atoms with Gasteiger partial charge in [0.05, 0.1) is 0 Å². The number of fused-ring (bicyclic) bond motifs is 1. The van der Waals surface area contributed by atoms with E-state index in [1.54, 1.807) is 11.8 Å². The standard InChI is InChI=1S/C6H6N2O2S/c9-4-3-1-2-11-5(3)8-6(10)7-4/h1,5H,2H2,(H2,7,8,9,10). The topological polar surface area (TPSA) is 58.2 Å². The first kappa shape index (κ1) is 6.72. The van der Waals surface area contributed by atoms with E-state index in [2.05, 4.69) is 10.6 Å². The number of hydrogen-bond acceptors (Lipinski definition) is 3. The summed E-state index contributed by atoms with van der Waals surface area (Å²) in [6.45, 7) is 0. The van der Waals surface area contributed by atoms with Gasteiger partial charge in [0, 0.05) is 11.3 Å². The van der Waals surface area contributed by atoms with Crippen LogP contribution in [0.4, 0.5) is 4.79 Å². The fourth-order valence-corrected chi connectivity index (χ4v) is 2.13. The minimum Gasteiger partial charge on any atom is -0.322 e. The maximum Gasteiger partial charge on any atom is 0.322 e. The Balaban J connectivity index is 2.26. The molecule has 0 bridgehead atoms. The van der Waals surface area contributed by atoms with Gasteiger partial charge in [-0.2, -0.15) is 0 Å². The number of nitrogens with one attached hydrogen (secondary N) is 2. The van der Waals surface area contributed by atoms with Crippen LogP contribution in [0.15, 0.2) is 11.6 Å². The highest BCUT2D eigenvalue weighted by Crippen LogP contribution is 2.26. The molecule has 11 heavy (non-hydrogen) atoms. The van der Waals surface area contributed by atoms with Crippen molar-refractivity contribution in [3.05, 3.63) is 11.6 Å². The monoisotopic (exact) mass is 170 g/mol. The summed E-state index contributed by atoms with van der Waals surface area (Å²) in [6.07, 6.45) is 1.84. The molecule has 58 valence electrons. The molecule has 2 N–H and O–H groups in total. The molecule has 0 radical (unpaired) electrons. The third-order valence-electron chi connectivity index (χ3n) is 1.60. The zero-order valence-electron chi connectivity index (χ0n) is 5.59. The molecule has 1 unspecified atom stereocenters. The lowest BCUT2D eigenvalue weighted by molar-refractivity contribution is -0.117. The van der Waals surface area contributed by atoms with Crippen molar-refractivity contribution in [2.24, 2.45) is 0 Å². The number of carbonyl (C=O) groups excluding carboxylic acids is 2. The molecule has 2 heterocycles. The van der Waals surface area contributed by atoms with E-state index in [-0.39, 0.29) is 11.3 Å². The average molecular weight is 170 g/mol. The summed E-state index contributed by atoms with van der Waals surface area (Å²) in [5.41, 5.74) is 0.676. The Morgan fingerprint density at radius 2 is 2.36 bits per heavy atom. The van der Waals surface area contributed by atoms with Crippen molar-refractivity contribution in [1.82, 2.24) is 10.6 Å². The number of imide groups is 1. The van der Waals surface area contributed by atoms with Crippen molar-refractivity contribution in [3.8, 4) is 0 Å². The molecular formula is C6H6N2O2S. The molecule has 3 amide bonds. The van der Waals surface area contributed by atoms with E-state index >= 15 is 0 Å². The van der Waals surface area contributed by atoms with Gasteiger partial charge in [0.2, 0.25) is 0 Å². The van der Waals surface area contributed by atoms with Crippen molar-refractivity contribution >= 4 is 23.7 Å². The fraction of sp³-hybridized carbons (Fsp3) is 0.333. The van der Waals surface area contributed by atoms with Gasteiger partial charge < -0.3 is 5.32 Å². The van der Waals surface area contributed by atoms with Gasteiger partial charge in [0.1, 0.15) is 5.37 Å². The second kappa shape index (κ2) is 2.27. The third kappa shape index (κ3) is 1.01. The Hall–Kier alpha value is -0.970. The van der Waals surface area contributed by atoms with Crippen LogP contribution in [0.3, 0.4) is 0 Å². The molecule has 2 rings (SSSR count). The van der Waals surface area contributed by atoms with Crippen LogP contribution in [0.5, 0.6) is 0 Å². The van der Waals surface area contributed by atoms with Crippen LogP contribution in [0.1, 0.15) is 0 Å². The molecule has 4 nitrogen and oxygen atoms in total. The molecule has 0 spiro atoms. The SMILES string of the molecule is O=C1NC(=O)C2=CCSC2N1. The summed E-state index contributed by atoms with van der Waals surface area (Å²) in [4.78, 5) is 21.8. The first-order chi connectivity index (χ1) is 5.27. The Bertz CT molecular complexity index is 261. The van der Waals surface area contributed by atoms with E-state index in [0.29, 0.717) is 5.57 Å². The lowest BCUT2D eigenvalue weighted by Crippen LogP contribution is -2.51. The van der Waals surface area contributed by atoms with Crippen molar-refractivity contribution in [1.29, 1.82) is 0 Å². The van der Waals surface area contributed by atoms with Crippen molar-refractivity contribution < 1.29 is 9.59 Å². The van der Waals surface area contributed by atoms with E-state index in [1.807, 2.05) is 6.08 Å². The largest absolute Gasteiger partial charge is 0.322 e. The average Bonchev–Trinajstić information content (AvgIpc) is 2.34. The van der Waals surface area contributed by atoms with Crippen LogP contribution >= 0.6 is 11.8 Å². The highest BCUT2D eigenvalue weighted by Gasteiger charge is 2.32. The number of urea groups is 1. The highest BCUT2D eigenvalue weighted by atomic mass is 32.2. The van der Waals surface area contributed by atoms with Gasteiger partial charge >= 0.3 is 6.03 Å². The van der Waals surface area contributed by atoms with E-state index < -0.39 is 6.03 Å². The molecule has 0 aliphatic carbocycles. The van der Waals surface area contributed by atoms with Gasteiger partial charge in [-0.3, -0.25) is 10.1 Å². The predicted octanol–water partition coefficient (Wildman–Crippen LogP) is -0.175. The zero-order chi connectivity index (χ0) is 7.84. The van der Waals surface area contributed by atoms with Crippen molar-refractivity contribution in [2.75, 3.05) is 5.75 Å². The van der Waals surface area contributed by atoms with E-state index in [0.717, 1.165) is 5.75 Å². The smallest absolute Gasteiger partial charge is 0.322 e. The molecule has 0 aromatic heterocycles.